The molecule has 6 heterocycles. The summed E-state index contributed by atoms with van der Waals surface area (Å²) in [6.07, 6.45) is 6.21. The Hall–Kier alpha value is -6.77. The minimum atomic E-state index is -5.73. The lowest BCUT2D eigenvalue weighted by molar-refractivity contribution is -0.147. The molecule has 1 unspecified atom stereocenters. The number of nitrogens with zero attached hydrogens (tertiary/aromatic N) is 7. The standard InChI is InChI=1S/C79H104ClF3N10O9S2/c1-8-62(27-31-88-38-40-102-41-39-88)87-68-25-12-55(42-70(68)104(100,101)79(81,82)83)46-84-73(97)59-19-23-63(24-20-59)91-36-34-89(35-37-91)47-60-45-77(7,28-26-66(60)57-17-21-61(80)22-18-57)49-90-32-29-78(30-33-90)50-92(51-78)71(96)11-9-10-64(94)43-67(76(4,5)6)75(99)93-48-65(95)44-69(93)74(98)86-53(2)56-13-15-58(16-14-56)72-54(3)85-52-103-72/h12-25,42,52-53,62,65,67,69,87,95H,8-11,26-41,43-51H2,1-7H3,(H,84,97)(H,86,98)/t53-,62-,65+,67+,69-,77?/m0/s1. The van der Waals surface area contributed by atoms with Crippen LogP contribution in [0.1, 0.15) is 157 Å². The van der Waals surface area contributed by atoms with E-state index in [0.29, 0.717) is 49.6 Å². The molecule has 4 aromatic carbocycles. The molecule has 25 heteroatoms. The summed E-state index contributed by atoms with van der Waals surface area (Å²) < 4.78 is 73.6. The molecule has 5 aliphatic heterocycles. The second kappa shape index (κ2) is 33.6. The van der Waals surface area contributed by atoms with E-state index in [0.717, 1.165) is 144 Å². The van der Waals surface area contributed by atoms with E-state index in [4.69, 9.17) is 16.3 Å². The molecule has 1 aromatic heterocycles. The molecule has 6 aliphatic rings. The molecule has 5 aromatic rings. The van der Waals surface area contributed by atoms with E-state index >= 15 is 0 Å². The highest BCUT2D eigenvalue weighted by atomic mass is 35.5. The number of ketones is 1. The Morgan fingerprint density at radius 3 is 2.16 bits per heavy atom. The third-order valence-electron chi connectivity index (χ3n) is 22.6. The van der Waals surface area contributed by atoms with Gasteiger partial charge in [-0.25, -0.2) is 13.4 Å². The monoisotopic (exact) mass is 1490 g/mol. The predicted molar refractivity (Wildman–Crippen MR) is 402 cm³/mol. The number of alkyl halides is 3. The Morgan fingerprint density at radius 2 is 1.52 bits per heavy atom. The Kier molecular flexibility index (Phi) is 25.3. The zero-order valence-electron chi connectivity index (χ0n) is 61.3. The summed E-state index contributed by atoms with van der Waals surface area (Å²) in [5.41, 5.74) is 4.19. The summed E-state index contributed by atoms with van der Waals surface area (Å²) in [5, 5.41) is 20.4. The van der Waals surface area contributed by atoms with Crippen LogP contribution in [0.2, 0.25) is 5.02 Å². The van der Waals surface area contributed by atoms with E-state index in [-0.39, 0.29) is 96.4 Å². The molecule has 0 radical (unpaired) electrons. The minimum Gasteiger partial charge on any atom is -0.391 e. The maximum absolute atomic E-state index is 14.4. The van der Waals surface area contributed by atoms with Gasteiger partial charge in [0.2, 0.25) is 17.7 Å². The number of morpholine rings is 1. The summed E-state index contributed by atoms with van der Waals surface area (Å²) in [7, 11) is -5.73. The number of amides is 4. The highest BCUT2D eigenvalue weighted by Crippen LogP contribution is 2.47. The van der Waals surface area contributed by atoms with Crippen LogP contribution in [0.4, 0.5) is 24.5 Å². The number of halogens is 4. The minimum absolute atomic E-state index is 0.00815. The summed E-state index contributed by atoms with van der Waals surface area (Å²) in [4.78, 5) is 86.8. The molecule has 6 atom stereocenters. The van der Waals surface area contributed by atoms with Gasteiger partial charge in [0.15, 0.2) is 0 Å². The number of aliphatic hydroxyl groups excluding tert-OH is 1. The van der Waals surface area contributed by atoms with Crippen molar-refractivity contribution in [1.29, 1.82) is 0 Å². The summed E-state index contributed by atoms with van der Waals surface area (Å²) >= 11 is 7.99. The number of carbonyl (C=O) groups excluding carboxylic acids is 5. The third-order valence-corrected chi connectivity index (χ3v) is 25.3. The SMILES string of the molecule is CC[C@@H](CCN1CCOCC1)Nc1ccc(CNC(=O)c2ccc(N3CCN(CC4=C(c5ccc(Cl)cc5)CCC(C)(CN5CCC6(CC5)CN(C(=O)CCCC(=O)C[C@H](C(=O)N5C[C@H](O)C[C@H]5C(=O)N[C@@H](C)c5ccc(-c7scnc7C)cc5)C(C)(C)C)C6)C4)CC3)cc2)cc1S(=O)(=O)C(F)(F)F. The molecule has 4 amide bonds. The Balaban J connectivity index is 0.617. The first-order valence-corrected chi connectivity index (χ1v) is 39.8. The van der Waals surface area contributed by atoms with E-state index < -0.39 is 49.6 Å². The molecule has 5 saturated heterocycles. The van der Waals surface area contributed by atoms with Crippen molar-refractivity contribution in [1.82, 2.24) is 40.1 Å². The number of hydrogen-bond acceptors (Lipinski definition) is 16. The van der Waals surface area contributed by atoms with Gasteiger partial charge in [0.1, 0.15) is 11.8 Å². The fraction of sp³-hybridized carbons (Fsp3) is 0.570. The number of aryl methyl sites for hydroxylation is 1. The number of ether oxygens (including phenoxy) is 1. The first-order valence-electron chi connectivity index (χ1n) is 37.1. The number of nitrogens with one attached hydrogen (secondary N) is 3. The van der Waals surface area contributed by atoms with E-state index in [9.17, 15) is 50.7 Å². The molecule has 0 saturated carbocycles. The Bertz CT molecular complexity index is 3970. The highest BCUT2D eigenvalue weighted by Gasteiger charge is 2.50. The number of β-amino-alcohol motifs (C(OH)–C–C–N with tert-alkyl or cyclic N) is 1. The lowest BCUT2D eigenvalue weighted by Gasteiger charge is -2.55. The van der Waals surface area contributed by atoms with Crippen LogP contribution in [0.5, 0.6) is 0 Å². The Labute approximate surface area is 620 Å². The zero-order chi connectivity index (χ0) is 74.3. The number of sulfone groups is 1. The number of hydrogen-bond donors (Lipinski definition) is 4. The number of aliphatic hydroxyl groups is 1. The summed E-state index contributed by atoms with van der Waals surface area (Å²) in [6.45, 7) is 25.6. The number of Topliss-reactive ketones (excluding diaryl/α,β-unsaturated/α-hetero) is 1. The molecule has 1 aliphatic carbocycles. The van der Waals surface area contributed by atoms with Gasteiger partial charge in [-0.3, -0.25) is 33.8 Å². The van der Waals surface area contributed by atoms with Gasteiger partial charge in [-0.1, -0.05) is 94.3 Å². The molecule has 4 N–H and O–H groups in total. The van der Waals surface area contributed by atoms with E-state index in [1.807, 2.05) is 100 Å². The first-order chi connectivity index (χ1) is 49.5. The van der Waals surface area contributed by atoms with Gasteiger partial charge >= 0.3 is 5.51 Å². The maximum Gasteiger partial charge on any atom is 0.501 e. The van der Waals surface area contributed by atoms with Crippen LogP contribution in [0.15, 0.2) is 107 Å². The quantitative estimate of drug-likeness (QED) is 0.0384. The molecule has 11 rings (SSSR count). The van der Waals surface area contributed by atoms with Crippen molar-refractivity contribution in [3.8, 4) is 10.4 Å². The van der Waals surface area contributed by atoms with E-state index in [1.165, 1.54) is 33.7 Å². The molecule has 19 nitrogen and oxygen atoms in total. The number of rotatable bonds is 27. The van der Waals surface area contributed by atoms with Crippen LogP contribution in [0.3, 0.4) is 0 Å². The first kappa shape index (κ1) is 78.3. The zero-order valence-corrected chi connectivity index (χ0v) is 63.7. The number of piperidine rings is 1. The van der Waals surface area contributed by atoms with Crippen molar-refractivity contribution in [3.63, 3.8) is 0 Å². The number of benzene rings is 4. The lowest BCUT2D eigenvalue weighted by atomic mass is 9.69. The topological polar surface area (TPSA) is 217 Å². The molecule has 5 fully saturated rings. The van der Waals surface area contributed by atoms with Crippen molar-refractivity contribution in [2.75, 3.05) is 115 Å². The van der Waals surface area contributed by atoms with E-state index in [2.05, 4.69) is 59.6 Å². The van der Waals surface area contributed by atoms with E-state index in [1.54, 1.807) is 23.5 Å². The molecule has 104 heavy (non-hydrogen) atoms. The van der Waals surface area contributed by atoms with Crippen LogP contribution < -0.4 is 20.9 Å². The van der Waals surface area contributed by atoms with Gasteiger partial charge in [0, 0.05) is 144 Å². The van der Waals surface area contributed by atoms with Gasteiger partial charge in [-0.15, -0.1) is 11.3 Å². The lowest BCUT2D eigenvalue weighted by Crippen LogP contribution is -2.62. The van der Waals surface area contributed by atoms with Crippen molar-refractivity contribution >= 4 is 79.1 Å². The second-order valence-corrected chi connectivity index (χ2v) is 34.6. The largest absolute Gasteiger partial charge is 0.501 e. The van der Waals surface area contributed by atoms with Crippen molar-refractivity contribution in [3.05, 3.63) is 135 Å². The average Bonchev–Trinajstić information content (AvgIpc) is 0.862. The smallest absolute Gasteiger partial charge is 0.391 e. The second-order valence-electron chi connectivity index (χ2n) is 31.4. The maximum atomic E-state index is 14.4. The molecule has 564 valence electrons. The van der Waals surface area contributed by atoms with Crippen LogP contribution >= 0.6 is 22.9 Å². The number of thiazole rings is 1. The number of piperazine rings is 1. The number of anilines is 2. The summed E-state index contributed by atoms with van der Waals surface area (Å²) in [5.74, 6) is -1.89. The normalized spacial score (nSPS) is 21.7. The van der Waals surface area contributed by atoms with Crippen molar-refractivity contribution in [2.24, 2.45) is 22.2 Å². The molecular formula is C79H104ClF3N10O9S2. The number of aromatic nitrogens is 1. The molecule has 1 spiro atoms. The van der Waals surface area contributed by atoms with Gasteiger partial charge in [-0.05, 0) is 165 Å². The summed E-state index contributed by atoms with van der Waals surface area (Å²) in [6, 6.07) is 25.8. The molecule has 0 bridgehead atoms. The fourth-order valence-electron chi connectivity index (χ4n) is 16.1. The van der Waals surface area contributed by atoms with Gasteiger partial charge in [0.05, 0.1) is 52.0 Å². The van der Waals surface area contributed by atoms with Crippen LogP contribution in [0.25, 0.3) is 16.0 Å². The highest BCUT2D eigenvalue weighted by molar-refractivity contribution is 7.92. The number of allylic oxidation sites excluding steroid dienone is 1. The third kappa shape index (κ3) is 19.3. The fourth-order valence-corrected chi connectivity index (χ4v) is 18.0. The van der Waals surface area contributed by atoms with Gasteiger partial charge < -0.3 is 45.4 Å². The van der Waals surface area contributed by atoms with Crippen molar-refractivity contribution < 1.29 is 55.4 Å². The Morgan fingerprint density at radius 1 is 0.837 bits per heavy atom. The van der Waals surface area contributed by atoms with Crippen LogP contribution in [-0.4, -0.2) is 201 Å². The molecular weight excluding hydrogens is 1390 g/mol. The van der Waals surface area contributed by atoms with Crippen LogP contribution in [0, 0.1) is 29.1 Å². The predicted octanol–water partition coefficient (Wildman–Crippen LogP) is 12.2. The van der Waals surface area contributed by atoms with Gasteiger partial charge in [-0.2, -0.15) is 13.2 Å². The number of carbonyl (C=O) groups is 5. The van der Waals surface area contributed by atoms with Crippen molar-refractivity contribution in [2.45, 2.75) is 167 Å². The number of likely N-dealkylation sites (tertiary alicyclic amines) is 3. The average molecular weight is 1490 g/mol. The van der Waals surface area contributed by atoms with Crippen LogP contribution in [-0.2, 0) is 40.3 Å². The van der Waals surface area contributed by atoms with Gasteiger partial charge in [0.25, 0.3) is 15.7 Å².